The summed E-state index contributed by atoms with van der Waals surface area (Å²) in [4.78, 5) is 14.1. The van der Waals surface area contributed by atoms with E-state index in [2.05, 4.69) is 10.2 Å². The Labute approximate surface area is 123 Å². The molecule has 2 heterocycles. The van der Waals surface area contributed by atoms with Crippen LogP contribution in [0, 0.1) is 5.92 Å². The second kappa shape index (κ2) is 6.17. The van der Waals surface area contributed by atoms with Gasteiger partial charge in [0.2, 0.25) is 0 Å². The van der Waals surface area contributed by atoms with Crippen LogP contribution >= 0.6 is 34.8 Å². The Morgan fingerprint density at radius 1 is 1.17 bits per heavy atom. The zero-order chi connectivity index (χ0) is 13.2. The Morgan fingerprint density at radius 3 is 2.61 bits per heavy atom. The molecule has 2 rings (SSSR count). The summed E-state index contributed by atoms with van der Waals surface area (Å²) in [6.45, 7) is 3.01. The summed E-state index contributed by atoms with van der Waals surface area (Å²) in [5.74, 6) is -0.0178. The SMILES string of the molecule is O=C(NC[C@H]1CCCN2CCCC[C@H]12)C(Cl)(Cl)Cl. The number of nitrogens with zero attached hydrogens (tertiary/aromatic N) is 1. The maximum absolute atomic E-state index is 11.5. The lowest BCUT2D eigenvalue weighted by molar-refractivity contribution is -0.120. The molecule has 2 atom stereocenters. The lowest BCUT2D eigenvalue weighted by atomic mass is 9.83. The van der Waals surface area contributed by atoms with E-state index in [0.29, 0.717) is 18.5 Å². The molecule has 3 nitrogen and oxygen atoms in total. The predicted molar refractivity (Wildman–Crippen MR) is 75.2 cm³/mol. The minimum absolute atomic E-state index is 0.496. The highest BCUT2D eigenvalue weighted by Gasteiger charge is 2.35. The molecule has 0 unspecified atom stereocenters. The fourth-order valence-corrected chi connectivity index (χ4v) is 3.34. The molecule has 1 amide bonds. The molecule has 2 saturated heterocycles. The van der Waals surface area contributed by atoms with Crippen LogP contribution < -0.4 is 5.32 Å². The van der Waals surface area contributed by atoms with Crippen molar-refractivity contribution >= 4 is 40.7 Å². The van der Waals surface area contributed by atoms with Crippen LogP contribution in [0.2, 0.25) is 0 Å². The molecular weight excluding hydrogens is 295 g/mol. The van der Waals surface area contributed by atoms with E-state index in [1.165, 1.54) is 38.8 Å². The highest BCUT2D eigenvalue weighted by atomic mass is 35.6. The van der Waals surface area contributed by atoms with Crippen LogP contribution in [0.15, 0.2) is 0 Å². The van der Waals surface area contributed by atoms with Gasteiger partial charge in [-0.2, -0.15) is 0 Å². The van der Waals surface area contributed by atoms with Crippen LogP contribution in [0.25, 0.3) is 0 Å². The summed E-state index contributed by atoms with van der Waals surface area (Å²) in [7, 11) is 0. The average molecular weight is 314 g/mol. The van der Waals surface area contributed by atoms with Crippen LogP contribution in [0.5, 0.6) is 0 Å². The fraction of sp³-hybridized carbons (Fsp3) is 0.917. The van der Waals surface area contributed by atoms with Crippen molar-refractivity contribution in [3.8, 4) is 0 Å². The van der Waals surface area contributed by atoms with E-state index in [1.807, 2.05) is 0 Å². The topological polar surface area (TPSA) is 32.3 Å². The summed E-state index contributed by atoms with van der Waals surface area (Å²) < 4.78 is -1.85. The summed E-state index contributed by atoms with van der Waals surface area (Å²) in [5.41, 5.74) is 0. The van der Waals surface area contributed by atoms with Crippen molar-refractivity contribution in [2.75, 3.05) is 19.6 Å². The Kier molecular flexibility index (Phi) is 5.04. The zero-order valence-corrected chi connectivity index (χ0v) is 12.6. The third-order valence-corrected chi connectivity index (χ3v) is 4.53. The normalized spacial score (nSPS) is 29.7. The third kappa shape index (κ3) is 3.66. The molecule has 2 aliphatic rings. The number of nitrogens with one attached hydrogen (secondary N) is 1. The number of carbonyl (C=O) groups is 1. The van der Waals surface area contributed by atoms with Gasteiger partial charge in [0.1, 0.15) is 0 Å². The van der Waals surface area contributed by atoms with Gasteiger partial charge >= 0.3 is 0 Å². The van der Waals surface area contributed by atoms with Crippen molar-refractivity contribution in [3.63, 3.8) is 0 Å². The van der Waals surface area contributed by atoms with Gasteiger partial charge in [-0.15, -0.1) is 0 Å². The number of amides is 1. The molecular formula is C12H19Cl3N2O. The first-order valence-corrected chi connectivity index (χ1v) is 7.71. The molecule has 18 heavy (non-hydrogen) atoms. The number of fused-ring (bicyclic) bond motifs is 1. The lowest BCUT2D eigenvalue weighted by Crippen LogP contribution is -2.51. The van der Waals surface area contributed by atoms with Crippen LogP contribution in [-0.2, 0) is 4.79 Å². The number of alkyl halides is 3. The Bertz CT molecular complexity index is 304. The summed E-state index contributed by atoms with van der Waals surface area (Å²) >= 11 is 16.6. The van der Waals surface area contributed by atoms with Gasteiger partial charge in [-0.3, -0.25) is 4.79 Å². The molecule has 0 saturated carbocycles. The smallest absolute Gasteiger partial charge is 0.272 e. The van der Waals surface area contributed by atoms with E-state index >= 15 is 0 Å². The molecule has 0 radical (unpaired) electrons. The number of piperidine rings is 2. The summed E-state index contributed by atoms with van der Waals surface area (Å²) in [5, 5.41) is 2.76. The number of rotatable bonds is 2. The molecule has 2 aliphatic heterocycles. The molecule has 0 aliphatic carbocycles. The standard InChI is InChI=1S/C12H19Cl3N2O/c13-12(14,15)11(18)16-8-9-4-3-7-17-6-2-1-5-10(9)17/h9-10H,1-8H2,(H,16,18)/t9-,10-/m1/s1. The van der Waals surface area contributed by atoms with E-state index in [0.717, 1.165) is 6.42 Å². The van der Waals surface area contributed by atoms with Gasteiger partial charge in [0.05, 0.1) is 0 Å². The van der Waals surface area contributed by atoms with Crippen LogP contribution in [0.3, 0.4) is 0 Å². The first-order chi connectivity index (χ1) is 8.48. The quantitative estimate of drug-likeness (QED) is 0.795. The van der Waals surface area contributed by atoms with Gasteiger partial charge in [-0.1, -0.05) is 41.2 Å². The number of hydrogen-bond donors (Lipinski definition) is 1. The predicted octanol–water partition coefficient (Wildman–Crippen LogP) is 2.74. The molecule has 0 spiro atoms. The molecule has 2 fully saturated rings. The lowest BCUT2D eigenvalue weighted by Gasteiger charge is -2.44. The molecule has 0 aromatic heterocycles. The Balaban J connectivity index is 1.86. The molecule has 104 valence electrons. The highest BCUT2D eigenvalue weighted by molar-refractivity contribution is 6.76. The Morgan fingerprint density at radius 2 is 1.89 bits per heavy atom. The average Bonchev–Trinajstić information content (AvgIpc) is 2.34. The van der Waals surface area contributed by atoms with Crippen molar-refractivity contribution in [1.29, 1.82) is 0 Å². The molecule has 0 aromatic carbocycles. The van der Waals surface area contributed by atoms with Gasteiger partial charge in [0.15, 0.2) is 0 Å². The monoisotopic (exact) mass is 312 g/mol. The number of carbonyl (C=O) groups excluding carboxylic acids is 1. The number of halogens is 3. The van der Waals surface area contributed by atoms with Crippen molar-refractivity contribution in [2.24, 2.45) is 5.92 Å². The van der Waals surface area contributed by atoms with Crippen molar-refractivity contribution in [2.45, 2.75) is 41.9 Å². The molecule has 6 heteroatoms. The molecule has 0 aromatic rings. The first-order valence-electron chi connectivity index (χ1n) is 6.57. The maximum atomic E-state index is 11.5. The van der Waals surface area contributed by atoms with Gasteiger partial charge in [-0.05, 0) is 44.7 Å². The molecule has 0 bridgehead atoms. The second-order valence-electron chi connectivity index (χ2n) is 5.21. The third-order valence-electron chi connectivity index (χ3n) is 4.01. The van der Waals surface area contributed by atoms with Crippen molar-refractivity contribution in [1.82, 2.24) is 10.2 Å². The molecule has 1 N–H and O–H groups in total. The van der Waals surface area contributed by atoms with E-state index in [9.17, 15) is 4.79 Å². The van der Waals surface area contributed by atoms with E-state index in [4.69, 9.17) is 34.8 Å². The minimum Gasteiger partial charge on any atom is -0.352 e. The van der Waals surface area contributed by atoms with E-state index < -0.39 is 9.70 Å². The van der Waals surface area contributed by atoms with E-state index in [-0.39, 0.29) is 0 Å². The second-order valence-corrected chi connectivity index (χ2v) is 7.49. The van der Waals surface area contributed by atoms with Crippen LogP contribution in [0.4, 0.5) is 0 Å². The Hall–Kier alpha value is 0.300. The van der Waals surface area contributed by atoms with Crippen LogP contribution in [0.1, 0.15) is 32.1 Å². The van der Waals surface area contributed by atoms with Crippen LogP contribution in [-0.4, -0.2) is 40.3 Å². The summed E-state index contributed by atoms with van der Waals surface area (Å²) in [6, 6.07) is 0.600. The summed E-state index contributed by atoms with van der Waals surface area (Å²) in [6.07, 6.45) is 6.17. The van der Waals surface area contributed by atoms with E-state index in [1.54, 1.807) is 0 Å². The van der Waals surface area contributed by atoms with Gasteiger partial charge in [0, 0.05) is 12.6 Å². The number of hydrogen-bond acceptors (Lipinski definition) is 2. The van der Waals surface area contributed by atoms with Gasteiger partial charge in [-0.25, -0.2) is 0 Å². The highest BCUT2D eigenvalue weighted by Crippen LogP contribution is 2.31. The van der Waals surface area contributed by atoms with Crippen molar-refractivity contribution in [3.05, 3.63) is 0 Å². The van der Waals surface area contributed by atoms with Gasteiger partial charge in [0.25, 0.3) is 9.70 Å². The largest absolute Gasteiger partial charge is 0.352 e. The fourth-order valence-electron chi connectivity index (χ4n) is 3.14. The van der Waals surface area contributed by atoms with Crippen molar-refractivity contribution < 1.29 is 4.79 Å². The minimum atomic E-state index is -1.85. The zero-order valence-electron chi connectivity index (χ0n) is 10.3. The maximum Gasteiger partial charge on any atom is 0.272 e. The first kappa shape index (κ1) is 14.7. The van der Waals surface area contributed by atoms with Gasteiger partial charge < -0.3 is 10.2 Å².